The fourth-order valence-electron chi connectivity index (χ4n) is 2.82. The van der Waals surface area contributed by atoms with Gasteiger partial charge >= 0.3 is 6.18 Å². The Bertz CT molecular complexity index is 808. The monoisotopic (exact) mass is 346 g/mol. The predicted molar refractivity (Wildman–Crippen MR) is 81.6 cm³/mol. The summed E-state index contributed by atoms with van der Waals surface area (Å²) in [7, 11) is -3.42. The Hall–Kier alpha value is -1.54. The van der Waals surface area contributed by atoms with E-state index >= 15 is 0 Å². The van der Waals surface area contributed by atoms with Gasteiger partial charge in [-0.3, -0.25) is 0 Å². The van der Waals surface area contributed by atoms with E-state index in [1.54, 1.807) is 24.3 Å². The molecule has 4 nitrogen and oxygen atoms in total. The first kappa shape index (κ1) is 16.3. The van der Waals surface area contributed by atoms with Gasteiger partial charge in [0.05, 0.1) is 5.25 Å². The Morgan fingerprint density at radius 1 is 1.22 bits per heavy atom. The normalized spacial score (nSPS) is 16.7. The van der Waals surface area contributed by atoms with Gasteiger partial charge in [-0.05, 0) is 30.9 Å². The van der Waals surface area contributed by atoms with Crippen molar-refractivity contribution >= 4 is 20.9 Å². The third-order valence-corrected chi connectivity index (χ3v) is 6.22. The molecule has 8 heteroatoms. The van der Waals surface area contributed by atoms with Gasteiger partial charge in [-0.15, -0.1) is 0 Å². The van der Waals surface area contributed by atoms with Gasteiger partial charge in [0.15, 0.2) is 0 Å². The van der Waals surface area contributed by atoms with Crippen LogP contribution in [0.1, 0.15) is 30.5 Å². The Morgan fingerprint density at radius 2 is 1.91 bits per heavy atom. The minimum atomic E-state index is -4.50. The lowest BCUT2D eigenvalue weighted by atomic mass is 10.0. The first-order chi connectivity index (χ1) is 10.8. The fourth-order valence-corrected chi connectivity index (χ4v) is 4.40. The van der Waals surface area contributed by atoms with Crippen molar-refractivity contribution in [2.24, 2.45) is 0 Å². The van der Waals surface area contributed by atoms with Crippen molar-refractivity contribution in [2.45, 2.75) is 37.1 Å². The van der Waals surface area contributed by atoms with Crippen LogP contribution >= 0.6 is 0 Å². The maximum absolute atomic E-state index is 13.2. The number of aromatic nitrogens is 1. The van der Waals surface area contributed by atoms with E-state index in [2.05, 4.69) is 9.71 Å². The van der Waals surface area contributed by atoms with Crippen LogP contribution in [-0.2, 0) is 22.6 Å². The second-order valence-corrected chi connectivity index (χ2v) is 7.81. The summed E-state index contributed by atoms with van der Waals surface area (Å²) in [5, 5.41) is 0.0789. The van der Waals surface area contributed by atoms with E-state index < -0.39 is 27.1 Å². The summed E-state index contributed by atoms with van der Waals surface area (Å²) < 4.78 is 65.8. The first-order valence-corrected chi connectivity index (χ1v) is 8.99. The van der Waals surface area contributed by atoms with Crippen LogP contribution in [0.25, 0.3) is 10.9 Å². The molecular formula is C15H17F3N2O2S. The minimum Gasteiger partial charge on any atom is -0.351 e. The van der Waals surface area contributed by atoms with Gasteiger partial charge in [0.25, 0.3) is 0 Å². The highest BCUT2D eigenvalue weighted by molar-refractivity contribution is 7.90. The fraction of sp³-hybridized carbons (Fsp3) is 0.467. The smallest absolute Gasteiger partial charge is 0.351 e. The Morgan fingerprint density at radius 3 is 2.52 bits per heavy atom. The topological polar surface area (TPSA) is 62.0 Å². The molecule has 0 radical (unpaired) electrons. The molecule has 23 heavy (non-hydrogen) atoms. The number of sulfonamides is 1. The number of para-hydroxylation sites is 1. The average molecular weight is 346 g/mol. The van der Waals surface area contributed by atoms with Crippen molar-refractivity contribution in [2.75, 3.05) is 6.54 Å². The number of rotatable bonds is 5. The van der Waals surface area contributed by atoms with Crippen LogP contribution in [0.2, 0.25) is 0 Å². The van der Waals surface area contributed by atoms with E-state index in [0.717, 1.165) is 6.42 Å². The maximum Gasteiger partial charge on any atom is 0.431 e. The molecule has 0 atom stereocenters. The van der Waals surface area contributed by atoms with Gasteiger partial charge < -0.3 is 4.98 Å². The van der Waals surface area contributed by atoms with Gasteiger partial charge in [0, 0.05) is 17.4 Å². The van der Waals surface area contributed by atoms with Crippen molar-refractivity contribution in [3.8, 4) is 0 Å². The van der Waals surface area contributed by atoms with Crippen molar-refractivity contribution in [1.82, 2.24) is 9.71 Å². The number of H-pyrrole nitrogens is 1. The quantitative estimate of drug-likeness (QED) is 0.873. The van der Waals surface area contributed by atoms with Crippen LogP contribution in [-0.4, -0.2) is 25.2 Å². The SMILES string of the molecule is O=S(=O)(NCCc1c(C(F)(F)F)[nH]c2ccccc12)C1CCC1. The highest BCUT2D eigenvalue weighted by Gasteiger charge is 2.36. The molecule has 1 fully saturated rings. The minimum absolute atomic E-state index is 0.00912. The largest absolute Gasteiger partial charge is 0.431 e. The van der Waals surface area contributed by atoms with Crippen LogP contribution < -0.4 is 4.72 Å². The Balaban J connectivity index is 1.81. The van der Waals surface area contributed by atoms with Gasteiger partial charge in [0.2, 0.25) is 10.0 Å². The summed E-state index contributed by atoms with van der Waals surface area (Å²) in [6, 6.07) is 6.50. The Labute approximate surface area is 132 Å². The molecule has 3 rings (SSSR count). The lowest BCUT2D eigenvalue weighted by molar-refractivity contribution is -0.141. The number of hydrogen-bond acceptors (Lipinski definition) is 2. The van der Waals surface area contributed by atoms with E-state index in [-0.39, 0.29) is 18.5 Å². The molecule has 0 bridgehead atoms. The number of benzene rings is 1. The van der Waals surface area contributed by atoms with Crippen LogP contribution in [0.4, 0.5) is 13.2 Å². The molecule has 0 aliphatic heterocycles. The summed E-state index contributed by atoms with van der Waals surface area (Å²) in [4.78, 5) is 2.39. The summed E-state index contributed by atoms with van der Waals surface area (Å²) in [6.45, 7) is -0.0379. The van der Waals surface area contributed by atoms with Crippen molar-refractivity contribution < 1.29 is 21.6 Å². The molecule has 2 N–H and O–H groups in total. The number of alkyl halides is 3. The molecule has 0 saturated heterocycles. The molecule has 126 valence electrons. The zero-order chi connectivity index (χ0) is 16.7. The van der Waals surface area contributed by atoms with Crippen LogP contribution in [0.3, 0.4) is 0 Å². The average Bonchev–Trinajstić information content (AvgIpc) is 2.75. The summed E-state index contributed by atoms with van der Waals surface area (Å²) in [5.41, 5.74) is -0.303. The summed E-state index contributed by atoms with van der Waals surface area (Å²) >= 11 is 0. The number of aromatic amines is 1. The number of hydrogen-bond donors (Lipinski definition) is 2. The van der Waals surface area contributed by atoms with E-state index in [1.165, 1.54) is 0 Å². The molecular weight excluding hydrogens is 329 g/mol. The second-order valence-electron chi connectivity index (χ2n) is 5.76. The summed E-state index contributed by atoms with van der Waals surface area (Å²) in [5.74, 6) is 0. The van der Waals surface area contributed by atoms with Crippen LogP contribution in [0, 0.1) is 0 Å². The van der Waals surface area contributed by atoms with Crippen molar-refractivity contribution in [1.29, 1.82) is 0 Å². The molecule has 1 aromatic carbocycles. The highest BCUT2D eigenvalue weighted by atomic mass is 32.2. The van der Waals surface area contributed by atoms with Gasteiger partial charge in [-0.25, -0.2) is 13.1 Å². The van der Waals surface area contributed by atoms with E-state index in [4.69, 9.17) is 0 Å². The standard InChI is InChI=1S/C15H17F3N2O2S/c16-15(17,18)14-12(11-6-1-2-7-13(11)20-14)8-9-19-23(21,22)10-4-3-5-10/h1-2,6-7,10,19-20H,3-5,8-9H2. The molecule has 1 heterocycles. The lowest BCUT2D eigenvalue weighted by Gasteiger charge is -2.25. The number of fused-ring (bicyclic) bond motifs is 1. The molecule has 0 amide bonds. The van der Waals surface area contributed by atoms with Crippen molar-refractivity contribution in [3.63, 3.8) is 0 Å². The third kappa shape index (κ3) is 3.23. The predicted octanol–water partition coefficient (Wildman–Crippen LogP) is 3.20. The number of nitrogens with one attached hydrogen (secondary N) is 2. The highest BCUT2D eigenvalue weighted by Crippen LogP contribution is 2.35. The molecule has 1 aromatic heterocycles. The molecule has 1 saturated carbocycles. The maximum atomic E-state index is 13.2. The summed E-state index contributed by atoms with van der Waals surface area (Å²) in [6.07, 6.45) is -2.38. The van der Waals surface area contributed by atoms with Crippen molar-refractivity contribution in [3.05, 3.63) is 35.5 Å². The van der Waals surface area contributed by atoms with E-state index in [1.807, 2.05) is 0 Å². The van der Waals surface area contributed by atoms with Crippen LogP contribution in [0.15, 0.2) is 24.3 Å². The molecule has 1 aliphatic carbocycles. The molecule has 2 aromatic rings. The lowest BCUT2D eigenvalue weighted by Crippen LogP contribution is -2.39. The number of halogens is 3. The molecule has 0 spiro atoms. The van der Waals surface area contributed by atoms with E-state index in [9.17, 15) is 21.6 Å². The molecule has 0 unspecified atom stereocenters. The Kier molecular flexibility index (Phi) is 4.14. The first-order valence-electron chi connectivity index (χ1n) is 7.44. The third-order valence-electron chi connectivity index (χ3n) is 4.27. The zero-order valence-electron chi connectivity index (χ0n) is 12.3. The zero-order valence-corrected chi connectivity index (χ0v) is 13.1. The van der Waals surface area contributed by atoms with Gasteiger partial charge in [0.1, 0.15) is 5.69 Å². The second kappa shape index (κ2) is 5.83. The van der Waals surface area contributed by atoms with Gasteiger partial charge in [-0.1, -0.05) is 24.6 Å². The molecule has 1 aliphatic rings. The van der Waals surface area contributed by atoms with Crippen LogP contribution in [0.5, 0.6) is 0 Å². The van der Waals surface area contributed by atoms with E-state index in [0.29, 0.717) is 23.7 Å². The van der Waals surface area contributed by atoms with Gasteiger partial charge in [-0.2, -0.15) is 13.2 Å².